The van der Waals surface area contributed by atoms with Crippen LogP contribution in [0.15, 0.2) is 35.5 Å². The van der Waals surface area contributed by atoms with Crippen molar-refractivity contribution in [3.63, 3.8) is 0 Å². The van der Waals surface area contributed by atoms with Crippen molar-refractivity contribution in [3.05, 3.63) is 47.3 Å². The number of benzene rings is 1. The van der Waals surface area contributed by atoms with Crippen LogP contribution >= 0.6 is 11.8 Å². The van der Waals surface area contributed by atoms with E-state index in [9.17, 15) is 0 Å². The van der Waals surface area contributed by atoms with Crippen LogP contribution < -0.4 is 4.90 Å². The minimum atomic E-state index is 0.751. The van der Waals surface area contributed by atoms with E-state index in [0.29, 0.717) is 0 Å². The summed E-state index contributed by atoms with van der Waals surface area (Å²) in [5.41, 5.74) is 4.53. The molecule has 0 unspecified atom stereocenters. The van der Waals surface area contributed by atoms with E-state index in [0.717, 1.165) is 66.8 Å². The molecule has 7 nitrogen and oxygen atoms in total. The Morgan fingerprint density at radius 2 is 1.82 bits per heavy atom. The Bertz CT molecular complexity index is 927. The molecule has 1 aromatic carbocycles. The van der Waals surface area contributed by atoms with Gasteiger partial charge in [-0.25, -0.2) is 4.68 Å². The molecular weight excluding hydrogens is 372 g/mol. The molecular formula is C20H26N6OS. The van der Waals surface area contributed by atoms with Crippen LogP contribution in [0, 0.1) is 13.8 Å². The van der Waals surface area contributed by atoms with Gasteiger partial charge in [-0.05, 0) is 44.5 Å². The summed E-state index contributed by atoms with van der Waals surface area (Å²) < 4.78 is 9.62. The second-order valence-corrected chi connectivity index (χ2v) is 7.86. The second-order valence-electron chi connectivity index (χ2n) is 6.92. The van der Waals surface area contributed by atoms with Crippen molar-refractivity contribution in [2.45, 2.75) is 38.2 Å². The van der Waals surface area contributed by atoms with Gasteiger partial charge in [0, 0.05) is 31.1 Å². The Morgan fingerprint density at radius 3 is 2.46 bits per heavy atom. The van der Waals surface area contributed by atoms with Gasteiger partial charge in [-0.3, -0.25) is 4.57 Å². The van der Waals surface area contributed by atoms with E-state index < -0.39 is 0 Å². The Kier molecular flexibility index (Phi) is 5.68. The standard InChI is InChI=1S/C20H26N6OS/c1-4-25-19(24-9-11-27-12-10-24)21-22-20(25)28-14-17-5-7-18(8-6-17)26-16(3)13-15(2)23-26/h5-8,13H,4,9-12,14H2,1-3H3. The van der Waals surface area contributed by atoms with E-state index in [1.165, 1.54) is 5.56 Å². The first-order valence-corrected chi connectivity index (χ1v) is 10.7. The van der Waals surface area contributed by atoms with Crippen molar-refractivity contribution in [1.82, 2.24) is 24.5 Å². The molecule has 1 fully saturated rings. The lowest BCUT2D eigenvalue weighted by Crippen LogP contribution is -2.38. The average molecular weight is 399 g/mol. The lowest BCUT2D eigenvalue weighted by molar-refractivity contribution is 0.121. The number of hydrogen-bond acceptors (Lipinski definition) is 6. The molecule has 0 amide bonds. The summed E-state index contributed by atoms with van der Waals surface area (Å²) in [6.07, 6.45) is 0. The molecule has 0 N–H and O–H groups in total. The highest BCUT2D eigenvalue weighted by Gasteiger charge is 2.19. The lowest BCUT2D eigenvalue weighted by atomic mass is 10.2. The van der Waals surface area contributed by atoms with E-state index in [2.05, 4.69) is 68.9 Å². The van der Waals surface area contributed by atoms with Crippen LogP contribution in [0.25, 0.3) is 5.69 Å². The number of hydrogen-bond donors (Lipinski definition) is 0. The van der Waals surface area contributed by atoms with Gasteiger partial charge in [-0.15, -0.1) is 10.2 Å². The van der Waals surface area contributed by atoms with Gasteiger partial charge in [0.15, 0.2) is 5.16 Å². The number of ether oxygens (including phenoxy) is 1. The summed E-state index contributed by atoms with van der Waals surface area (Å²) in [5.74, 6) is 1.81. The van der Waals surface area contributed by atoms with Gasteiger partial charge in [-0.1, -0.05) is 23.9 Å². The third-order valence-electron chi connectivity index (χ3n) is 4.87. The second kappa shape index (κ2) is 8.36. The van der Waals surface area contributed by atoms with E-state index in [4.69, 9.17) is 4.74 Å². The Hall–Kier alpha value is -2.32. The zero-order valence-electron chi connectivity index (χ0n) is 16.6. The highest BCUT2D eigenvalue weighted by molar-refractivity contribution is 7.98. The molecule has 8 heteroatoms. The SMILES string of the molecule is CCn1c(SCc2ccc(-n3nc(C)cc3C)cc2)nnc1N1CCOCC1. The van der Waals surface area contributed by atoms with Crippen molar-refractivity contribution < 1.29 is 4.74 Å². The first-order chi connectivity index (χ1) is 13.7. The number of nitrogens with zero attached hydrogens (tertiary/aromatic N) is 6. The fraction of sp³-hybridized carbons (Fsp3) is 0.450. The van der Waals surface area contributed by atoms with E-state index in [-0.39, 0.29) is 0 Å². The number of rotatable bonds is 6. The largest absolute Gasteiger partial charge is 0.378 e. The zero-order chi connectivity index (χ0) is 19.5. The summed E-state index contributed by atoms with van der Waals surface area (Å²) in [6, 6.07) is 10.7. The van der Waals surface area contributed by atoms with Gasteiger partial charge in [0.1, 0.15) is 0 Å². The van der Waals surface area contributed by atoms with Crippen molar-refractivity contribution in [2.75, 3.05) is 31.2 Å². The van der Waals surface area contributed by atoms with Crippen molar-refractivity contribution in [1.29, 1.82) is 0 Å². The monoisotopic (exact) mass is 398 g/mol. The fourth-order valence-corrected chi connectivity index (χ4v) is 4.39. The summed E-state index contributed by atoms with van der Waals surface area (Å²) in [7, 11) is 0. The summed E-state index contributed by atoms with van der Waals surface area (Å²) in [5, 5.41) is 14.4. The highest BCUT2D eigenvalue weighted by Crippen LogP contribution is 2.26. The topological polar surface area (TPSA) is 61.0 Å². The van der Waals surface area contributed by atoms with Crippen molar-refractivity contribution in [3.8, 4) is 5.69 Å². The molecule has 1 aliphatic rings. The quantitative estimate of drug-likeness (QED) is 0.594. The molecule has 0 radical (unpaired) electrons. The van der Waals surface area contributed by atoms with Crippen LogP contribution in [-0.2, 0) is 17.0 Å². The van der Waals surface area contributed by atoms with Gasteiger partial charge in [0.25, 0.3) is 0 Å². The molecule has 0 bridgehead atoms. The molecule has 2 aromatic heterocycles. The number of aryl methyl sites for hydroxylation is 2. The van der Waals surface area contributed by atoms with Gasteiger partial charge in [0.2, 0.25) is 5.95 Å². The summed E-state index contributed by atoms with van der Waals surface area (Å²) >= 11 is 1.73. The molecule has 0 saturated carbocycles. The molecule has 0 aliphatic carbocycles. The molecule has 148 valence electrons. The Balaban J connectivity index is 1.44. The van der Waals surface area contributed by atoms with Crippen LogP contribution in [0.2, 0.25) is 0 Å². The minimum Gasteiger partial charge on any atom is -0.378 e. The Labute approximate surface area is 169 Å². The predicted octanol–water partition coefficient (Wildman–Crippen LogP) is 3.23. The lowest BCUT2D eigenvalue weighted by Gasteiger charge is -2.27. The highest BCUT2D eigenvalue weighted by atomic mass is 32.2. The van der Waals surface area contributed by atoms with Crippen molar-refractivity contribution >= 4 is 17.7 Å². The number of anilines is 1. The van der Waals surface area contributed by atoms with Gasteiger partial charge in [-0.2, -0.15) is 5.10 Å². The van der Waals surface area contributed by atoms with Crippen LogP contribution in [0.1, 0.15) is 23.9 Å². The van der Waals surface area contributed by atoms with Crippen LogP contribution in [-0.4, -0.2) is 50.8 Å². The fourth-order valence-electron chi connectivity index (χ4n) is 3.43. The predicted molar refractivity (Wildman–Crippen MR) is 111 cm³/mol. The summed E-state index contributed by atoms with van der Waals surface area (Å²) in [4.78, 5) is 2.26. The maximum absolute atomic E-state index is 5.45. The molecule has 0 spiro atoms. The number of thioether (sulfide) groups is 1. The summed E-state index contributed by atoms with van der Waals surface area (Å²) in [6.45, 7) is 10.3. The van der Waals surface area contributed by atoms with Gasteiger partial charge >= 0.3 is 0 Å². The van der Waals surface area contributed by atoms with Gasteiger partial charge in [0.05, 0.1) is 24.6 Å². The average Bonchev–Trinajstić information content (AvgIpc) is 3.29. The Morgan fingerprint density at radius 1 is 1.07 bits per heavy atom. The molecule has 0 atom stereocenters. The molecule has 28 heavy (non-hydrogen) atoms. The first-order valence-electron chi connectivity index (χ1n) is 9.67. The van der Waals surface area contributed by atoms with Crippen molar-refractivity contribution in [2.24, 2.45) is 0 Å². The third kappa shape index (κ3) is 3.93. The van der Waals surface area contributed by atoms with E-state index >= 15 is 0 Å². The number of morpholine rings is 1. The minimum absolute atomic E-state index is 0.751. The maximum Gasteiger partial charge on any atom is 0.228 e. The van der Waals surface area contributed by atoms with E-state index in [1.54, 1.807) is 11.8 Å². The normalized spacial score (nSPS) is 14.6. The van der Waals surface area contributed by atoms with Crippen LogP contribution in [0.4, 0.5) is 5.95 Å². The maximum atomic E-state index is 5.45. The number of aromatic nitrogens is 5. The molecule has 3 aromatic rings. The van der Waals surface area contributed by atoms with Crippen LogP contribution in [0.5, 0.6) is 0 Å². The molecule has 1 saturated heterocycles. The van der Waals surface area contributed by atoms with Crippen LogP contribution in [0.3, 0.4) is 0 Å². The first kappa shape index (κ1) is 19.0. The van der Waals surface area contributed by atoms with Gasteiger partial charge < -0.3 is 9.64 Å². The molecule has 4 rings (SSSR count). The van der Waals surface area contributed by atoms with E-state index in [1.807, 2.05) is 11.6 Å². The molecule has 3 heterocycles. The smallest absolute Gasteiger partial charge is 0.228 e. The molecule has 1 aliphatic heterocycles. The zero-order valence-corrected chi connectivity index (χ0v) is 17.4. The third-order valence-corrected chi connectivity index (χ3v) is 5.90.